The van der Waals surface area contributed by atoms with Crippen LogP contribution in [0.3, 0.4) is 0 Å². The topological polar surface area (TPSA) is 46.5 Å². The summed E-state index contributed by atoms with van der Waals surface area (Å²) in [6.07, 6.45) is -0.626. The fourth-order valence-corrected chi connectivity index (χ4v) is 1.71. The second-order valence-corrected chi connectivity index (χ2v) is 3.64. The van der Waals surface area contributed by atoms with Gasteiger partial charge in [0.25, 0.3) is 5.92 Å². The van der Waals surface area contributed by atoms with E-state index in [1.54, 1.807) is 0 Å². The number of hydrogen-bond donors (Lipinski definition) is 1. The van der Waals surface area contributed by atoms with E-state index >= 15 is 0 Å². The Kier molecular flexibility index (Phi) is 3.55. The molecule has 1 aliphatic carbocycles. The Labute approximate surface area is 81.1 Å². The lowest BCUT2D eigenvalue weighted by Crippen LogP contribution is -2.43. The van der Waals surface area contributed by atoms with E-state index < -0.39 is 30.3 Å². The molecule has 0 radical (unpaired) electrons. The van der Waals surface area contributed by atoms with Gasteiger partial charge in [0.2, 0.25) is 0 Å². The first-order valence-electron chi connectivity index (χ1n) is 4.55. The number of ether oxygens (including phenoxy) is 1. The minimum atomic E-state index is -3.16. The van der Waals surface area contributed by atoms with Gasteiger partial charge in [0.15, 0.2) is 0 Å². The van der Waals surface area contributed by atoms with Gasteiger partial charge in [-0.15, -0.1) is 0 Å². The molecule has 1 aliphatic rings. The van der Waals surface area contributed by atoms with Crippen LogP contribution in [0.2, 0.25) is 0 Å². The molecule has 1 fully saturated rings. The number of aliphatic hydroxyl groups excluding tert-OH is 1. The van der Waals surface area contributed by atoms with E-state index in [1.165, 1.54) is 0 Å². The first-order valence-corrected chi connectivity index (χ1v) is 4.55. The lowest BCUT2D eigenvalue weighted by atomic mass is 9.82. The van der Waals surface area contributed by atoms with E-state index in [0.717, 1.165) is 7.11 Å². The van der Waals surface area contributed by atoms with E-state index in [4.69, 9.17) is 0 Å². The summed E-state index contributed by atoms with van der Waals surface area (Å²) in [5.74, 6) is -5.02. The van der Waals surface area contributed by atoms with Crippen molar-refractivity contribution in [2.75, 3.05) is 13.7 Å². The fraction of sp³-hybridized carbons (Fsp3) is 0.889. The maximum atomic E-state index is 13.3. The van der Waals surface area contributed by atoms with Gasteiger partial charge in [-0.1, -0.05) is 0 Å². The summed E-state index contributed by atoms with van der Waals surface area (Å²) in [6, 6.07) is 0. The highest BCUT2D eigenvalue weighted by atomic mass is 19.3. The average molecular weight is 208 g/mol. The van der Waals surface area contributed by atoms with Gasteiger partial charge in [-0.05, 0) is 12.8 Å². The Bertz CT molecular complexity index is 218. The Balaban J connectivity index is 2.68. The third-order valence-corrected chi connectivity index (χ3v) is 2.47. The molecule has 82 valence electrons. The number of ketones is 1. The summed E-state index contributed by atoms with van der Waals surface area (Å²) in [4.78, 5) is 11.2. The lowest BCUT2D eigenvalue weighted by Gasteiger charge is -2.30. The van der Waals surface area contributed by atoms with Gasteiger partial charge >= 0.3 is 0 Å². The molecule has 0 heterocycles. The van der Waals surface area contributed by atoms with Crippen molar-refractivity contribution in [1.82, 2.24) is 0 Å². The van der Waals surface area contributed by atoms with Crippen molar-refractivity contribution in [3.63, 3.8) is 0 Å². The number of rotatable bonds is 3. The third-order valence-electron chi connectivity index (χ3n) is 2.47. The van der Waals surface area contributed by atoms with E-state index in [0.29, 0.717) is 6.42 Å². The first-order chi connectivity index (χ1) is 6.47. The predicted molar refractivity (Wildman–Crippen MR) is 45.2 cm³/mol. The Hall–Kier alpha value is -0.550. The molecule has 0 saturated heterocycles. The predicted octanol–water partition coefficient (Wildman–Crippen LogP) is 0.998. The van der Waals surface area contributed by atoms with E-state index in [9.17, 15) is 18.7 Å². The van der Waals surface area contributed by atoms with Crippen molar-refractivity contribution < 1.29 is 23.4 Å². The van der Waals surface area contributed by atoms with Crippen molar-refractivity contribution in [2.45, 2.75) is 31.3 Å². The van der Waals surface area contributed by atoms with Crippen LogP contribution < -0.4 is 0 Å². The van der Waals surface area contributed by atoms with Gasteiger partial charge in [-0.2, -0.15) is 0 Å². The molecule has 0 aromatic rings. The van der Waals surface area contributed by atoms with Crippen molar-refractivity contribution in [1.29, 1.82) is 0 Å². The summed E-state index contributed by atoms with van der Waals surface area (Å²) in [5, 5.41) is 9.20. The largest absolute Gasteiger partial charge is 0.393 e. The van der Waals surface area contributed by atoms with Crippen LogP contribution in [-0.4, -0.2) is 36.6 Å². The second kappa shape index (κ2) is 4.31. The number of carbonyl (C=O) groups excluding carboxylic acids is 1. The molecule has 1 saturated carbocycles. The lowest BCUT2D eigenvalue weighted by molar-refractivity contribution is -0.156. The number of hydrogen-bond acceptors (Lipinski definition) is 3. The van der Waals surface area contributed by atoms with E-state index in [2.05, 4.69) is 4.74 Å². The van der Waals surface area contributed by atoms with Gasteiger partial charge in [-0.3, -0.25) is 4.79 Å². The summed E-state index contributed by atoms with van der Waals surface area (Å²) < 4.78 is 30.9. The number of carbonyl (C=O) groups is 1. The number of Topliss-reactive ketones (excluding diaryl/α,β-unsaturated/α-hetero) is 1. The highest BCUT2D eigenvalue weighted by molar-refractivity contribution is 5.82. The first kappa shape index (κ1) is 11.5. The van der Waals surface area contributed by atoms with Crippen molar-refractivity contribution in [2.24, 2.45) is 5.92 Å². The van der Waals surface area contributed by atoms with Gasteiger partial charge in [-0.25, -0.2) is 8.78 Å². The van der Waals surface area contributed by atoms with Crippen LogP contribution >= 0.6 is 0 Å². The maximum absolute atomic E-state index is 13.3. The molecule has 14 heavy (non-hydrogen) atoms. The molecule has 0 amide bonds. The quantitative estimate of drug-likeness (QED) is 0.752. The number of aliphatic hydroxyl groups is 1. The van der Waals surface area contributed by atoms with Crippen LogP contribution in [0, 0.1) is 5.92 Å². The van der Waals surface area contributed by atoms with Crippen molar-refractivity contribution >= 4 is 5.78 Å². The van der Waals surface area contributed by atoms with Crippen molar-refractivity contribution in [3.05, 3.63) is 0 Å². The molecule has 0 spiro atoms. The molecule has 3 nitrogen and oxygen atoms in total. The zero-order valence-electron chi connectivity index (χ0n) is 8.00. The molecule has 1 N–H and O–H groups in total. The molecular weight excluding hydrogens is 194 g/mol. The van der Waals surface area contributed by atoms with Crippen LogP contribution in [0.5, 0.6) is 0 Å². The van der Waals surface area contributed by atoms with Gasteiger partial charge in [0.05, 0.1) is 12.0 Å². The number of halogens is 2. The van der Waals surface area contributed by atoms with Gasteiger partial charge in [0, 0.05) is 13.5 Å². The maximum Gasteiger partial charge on any atom is 0.280 e. The highest BCUT2D eigenvalue weighted by Crippen LogP contribution is 2.34. The Morgan fingerprint density at radius 2 is 2.29 bits per heavy atom. The van der Waals surface area contributed by atoms with Gasteiger partial charge in [0.1, 0.15) is 12.4 Å². The van der Waals surface area contributed by atoms with E-state index in [-0.39, 0.29) is 12.8 Å². The molecule has 2 atom stereocenters. The van der Waals surface area contributed by atoms with Crippen LogP contribution in [0.1, 0.15) is 19.3 Å². The Morgan fingerprint density at radius 3 is 2.86 bits per heavy atom. The second-order valence-electron chi connectivity index (χ2n) is 3.64. The monoisotopic (exact) mass is 208 g/mol. The number of alkyl halides is 2. The molecular formula is C9H14F2O3. The average Bonchev–Trinajstić information content (AvgIpc) is 2.09. The standard InChI is InChI=1S/C9H14F2O3/c1-14-5-9(10,11)7-4-6(12)2-3-8(7)13/h6-7,12H,2-5H2,1H3. The minimum Gasteiger partial charge on any atom is -0.393 e. The normalized spacial score (nSPS) is 29.3. The zero-order valence-corrected chi connectivity index (χ0v) is 8.00. The smallest absolute Gasteiger partial charge is 0.280 e. The van der Waals surface area contributed by atoms with E-state index in [1.807, 2.05) is 0 Å². The molecule has 0 aromatic carbocycles. The molecule has 0 aromatic heterocycles. The SMILES string of the molecule is COCC(F)(F)C1CC(O)CCC1=O. The zero-order chi connectivity index (χ0) is 10.8. The summed E-state index contributed by atoms with van der Waals surface area (Å²) >= 11 is 0. The third kappa shape index (κ3) is 2.48. The molecule has 5 heteroatoms. The van der Waals surface area contributed by atoms with Crippen LogP contribution in [0.25, 0.3) is 0 Å². The minimum absolute atomic E-state index is 0.0329. The van der Waals surface area contributed by atoms with Crippen molar-refractivity contribution in [3.8, 4) is 0 Å². The van der Waals surface area contributed by atoms with Crippen LogP contribution in [-0.2, 0) is 9.53 Å². The van der Waals surface area contributed by atoms with Gasteiger partial charge < -0.3 is 9.84 Å². The molecule has 2 unspecified atom stereocenters. The Morgan fingerprint density at radius 1 is 1.64 bits per heavy atom. The molecule has 1 rings (SSSR count). The summed E-state index contributed by atoms with van der Waals surface area (Å²) in [7, 11) is 1.16. The highest BCUT2D eigenvalue weighted by Gasteiger charge is 2.46. The molecule has 0 bridgehead atoms. The van der Waals surface area contributed by atoms with Crippen LogP contribution in [0.4, 0.5) is 8.78 Å². The summed E-state index contributed by atoms with van der Waals surface area (Å²) in [6.45, 7) is -0.768. The van der Waals surface area contributed by atoms with Crippen LogP contribution in [0.15, 0.2) is 0 Å². The molecule has 0 aliphatic heterocycles. The summed E-state index contributed by atoms with van der Waals surface area (Å²) in [5.41, 5.74) is 0. The number of methoxy groups -OCH3 is 1. The fourth-order valence-electron chi connectivity index (χ4n) is 1.71.